The van der Waals surface area contributed by atoms with Crippen LogP contribution in [0.2, 0.25) is 0 Å². The summed E-state index contributed by atoms with van der Waals surface area (Å²) in [4.78, 5) is 0. The van der Waals surface area contributed by atoms with Crippen LogP contribution in [0.1, 0.15) is 5.82 Å². The van der Waals surface area contributed by atoms with Crippen molar-refractivity contribution in [3.8, 4) is 0 Å². The van der Waals surface area contributed by atoms with Crippen molar-refractivity contribution >= 4 is 21.4 Å². The van der Waals surface area contributed by atoms with Crippen molar-refractivity contribution in [3.63, 3.8) is 0 Å². The zero-order valence-electron chi connectivity index (χ0n) is 9.31. The molecule has 2 heterocycles. The number of tetrazole rings is 1. The monoisotopic (exact) mass is 273 g/mol. The summed E-state index contributed by atoms with van der Waals surface area (Å²) in [7, 11) is -0.274. The normalized spacial score (nSPS) is 12.2. The van der Waals surface area contributed by atoms with Crippen molar-refractivity contribution in [3.05, 3.63) is 23.3 Å². The maximum Gasteiger partial charge on any atom is 0.252 e. The first kappa shape index (κ1) is 12.1. The maximum absolute atomic E-state index is 12.1. The number of thiophene rings is 1. The average Bonchev–Trinajstić information content (AvgIpc) is 2.90. The fourth-order valence-corrected chi connectivity index (χ4v) is 3.56. The first-order valence-electron chi connectivity index (χ1n) is 4.73. The highest BCUT2D eigenvalue weighted by Crippen LogP contribution is 2.20. The predicted molar refractivity (Wildman–Crippen MR) is 61.8 cm³/mol. The van der Waals surface area contributed by atoms with Gasteiger partial charge in [0.15, 0.2) is 5.82 Å². The molecule has 9 heteroatoms. The Kier molecular flexibility index (Phi) is 3.22. The molecular weight excluding hydrogens is 262 g/mol. The van der Waals surface area contributed by atoms with E-state index in [0.29, 0.717) is 10.0 Å². The van der Waals surface area contributed by atoms with Crippen molar-refractivity contribution in [2.45, 2.75) is 10.8 Å². The van der Waals surface area contributed by atoms with Crippen LogP contribution >= 0.6 is 11.3 Å². The van der Waals surface area contributed by atoms with E-state index in [2.05, 4.69) is 15.5 Å². The Bertz CT molecular complexity index is 589. The lowest BCUT2D eigenvalue weighted by atomic mass is 10.6. The molecule has 0 aliphatic carbocycles. The standard InChI is InChI=1S/C8H11N5O2S2/c1-12(6-7-9-10-11-13(7)2)17(14,15)8-4-3-5-16-8/h3-5H,6H2,1-2H3. The van der Waals surface area contributed by atoms with Crippen LogP contribution < -0.4 is 0 Å². The Morgan fingerprint density at radius 1 is 1.53 bits per heavy atom. The van der Waals surface area contributed by atoms with Gasteiger partial charge >= 0.3 is 0 Å². The van der Waals surface area contributed by atoms with E-state index in [-0.39, 0.29) is 6.54 Å². The molecule has 92 valence electrons. The van der Waals surface area contributed by atoms with Crippen LogP contribution in [0.3, 0.4) is 0 Å². The largest absolute Gasteiger partial charge is 0.252 e. The molecule has 0 aromatic carbocycles. The van der Waals surface area contributed by atoms with Gasteiger partial charge in [0.05, 0.1) is 6.54 Å². The summed E-state index contributed by atoms with van der Waals surface area (Å²) >= 11 is 1.19. The highest BCUT2D eigenvalue weighted by atomic mass is 32.2. The van der Waals surface area contributed by atoms with E-state index < -0.39 is 10.0 Å². The second kappa shape index (κ2) is 4.51. The second-order valence-electron chi connectivity index (χ2n) is 3.41. The van der Waals surface area contributed by atoms with Gasteiger partial charge in [-0.05, 0) is 21.9 Å². The summed E-state index contributed by atoms with van der Waals surface area (Å²) in [5, 5.41) is 12.6. The van der Waals surface area contributed by atoms with E-state index in [1.165, 1.54) is 27.4 Å². The van der Waals surface area contributed by atoms with Gasteiger partial charge in [-0.1, -0.05) is 6.07 Å². The van der Waals surface area contributed by atoms with E-state index in [1.54, 1.807) is 24.6 Å². The quantitative estimate of drug-likeness (QED) is 0.788. The lowest BCUT2D eigenvalue weighted by molar-refractivity contribution is 0.449. The Morgan fingerprint density at radius 3 is 2.82 bits per heavy atom. The molecule has 7 nitrogen and oxygen atoms in total. The Hall–Kier alpha value is -1.32. The molecule has 17 heavy (non-hydrogen) atoms. The smallest absolute Gasteiger partial charge is 0.231 e. The number of nitrogens with zero attached hydrogens (tertiary/aromatic N) is 5. The van der Waals surface area contributed by atoms with E-state index in [0.717, 1.165) is 0 Å². The van der Waals surface area contributed by atoms with Gasteiger partial charge in [0.1, 0.15) is 4.21 Å². The first-order chi connectivity index (χ1) is 8.01. The third kappa shape index (κ3) is 2.35. The molecule has 0 spiro atoms. The van der Waals surface area contributed by atoms with Crippen LogP contribution in [-0.4, -0.2) is 40.0 Å². The molecule has 0 N–H and O–H groups in total. The van der Waals surface area contributed by atoms with Crippen LogP contribution in [0.4, 0.5) is 0 Å². The zero-order chi connectivity index (χ0) is 12.5. The molecule has 0 bridgehead atoms. The Labute approximate surface area is 103 Å². The number of rotatable bonds is 4. The molecule has 0 aliphatic heterocycles. The molecule has 0 radical (unpaired) electrons. The summed E-state index contributed by atoms with van der Waals surface area (Å²) in [6.07, 6.45) is 0. The van der Waals surface area contributed by atoms with Crippen molar-refractivity contribution in [1.29, 1.82) is 0 Å². The maximum atomic E-state index is 12.1. The van der Waals surface area contributed by atoms with Crippen LogP contribution in [0, 0.1) is 0 Å². The highest BCUT2D eigenvalue weighted by molar-refractivity contribution is 7.91. The van der Waals surface area contributed by atoms with Crippen molar-refractivity contribution in [2.24, 2.45) is 7.05 Å². The molecule has 0 saturated carbocycles. The van der Waals surface area contributed by atoms with Crippen molar-refractivity contribution in [1.82, 2.24) is 24.5 Å². The number of aryl methyl sites for hydroxylation is 1. The number of hydrogen-bond donors (Lipinski definition) is 0. The minimum atomic E-state index is -3.45. The average molecular weight is 273 g/mol. The van der Waals surface area contributed by atoms with Gasteiger partial charge in [-0.25, -0.2) is 13.1 Å². The SMILES string of the molecule is CN(Cc1nnnn1C)S(=O)(=O)c1cccs1. The Balaban J connectivity index is 2.22. The lowest BCUT2D eigenvalue weighted by Gasteiger charge is -2.14. The second-order valence-corrected chi connectivity index (χ2v) is 6.63. The molecule has 0 unspecified atom stereocenters. The number of sulfonamides is 1. The molecule has 0 saturated heterocycles. The minimum absolute atomic E-state index is 0.143. The molecular formula is C8H11N5O2S2. The number of aromatic nitrogens is 4. The minimum Gasteiger partial charge on any atom is -0.231 e. The highest BCUT2D eigenvalue weighted by Gasteiger charge is 2.23. The van der Waals surface area contributed by atoms with E-state index in [1.807, 2.05) is 0 Å². The lowest BCUT2D eigenvalue weighted by Crippen LogP contribution is -2.27. The summed E-state index contributed by atoms with van der Waals surface area (Å²) in [6.45, 7) is 0.143. The molecule has 0 aliphatic rings. The zero-order valence-corrected chi connectivity index (χ0v) is 10.9. The van der Waals surface area contributed by atoms with Gasteiger partial charge in [-0.3, -0.25) is 0 Å². The van der Waals surface area contributed by atoms with Crippen LogP contribution in [0.15, 0.2) is 21.7 Å². The van der Waals surface area contributed by atoms with E-state index in [4.69, 9.17) is 0 Å². The van der Waals surface area contributed by atoms with E-state index in [9.17, 15) is 8.42 Å². The van der Waals surface area contributed by atoms with Gasteiger partial charge < -0.3 is 0 Å². The van der Waals surface area contributed by atoms with Crippen molar-refractivity contribution < 1.29 is 8.42 Å². The van der Waals surface area contributed by atoms with Gasteiger partial charge in [-0.15, -0.1) is 16.4 Å². The first-order valence-corrected chi connectivity index (χ1v) is 7.05. The van der Waals surface area contributed by atoms with Gasteiger partial charge in [0.2, 0.25) is 0 Å². The molecule has 2 rings (SSSR count). The molecule has 0 fully saturated rings. The topological polar surface area (TPSA) is 81.0 Å². The van der Waals surface area contributed by atoms with Gasteiger partial charge in [0.25, 0.3) is 10.0 Å². The van der Waals surface area contributed by atoms with Crippen LogP contribution in [-0.2, 0) is 23.6 Å². The van der Waals surface area contributed by atoms with Gasteiger partial charge in [-0.2, -0.15) is 4.31 Å². The molecule has 2 aromatic rings. The fourth-order valence-electron chi connectivity index (χ4n) is 1.23. The van der Waals surface area contributed by atoms with Crippen LogP contribution in [0.25, 0.3) is 0 Å². The predicted octanol–water partition coefficient (Wildman–Crippen LogP) is 0.0923. The molecule has 0 amide bonds. The van der Waals surface area contributed by atoms with Gasteiger partial charge in [0, 0.05) is 14.1 Å². The summed E-state index contributed by atoms with van der Waals surface area (Å²) in [5.74, 6) is 0.493. The van der Waals surface area contributed by atoms with Crippen LogP contribution in [0.5, 0.6) is 0 Å². The summed E-state index contributed by atoms with van der Waals surface area (Å²) < 4.78 is 27.2. The summed E-state index contributed by atoms with van der Waals surface area (Å²) in [5.41, 5.74) is 0. The summed E-state index contributed by atoms with van der Waals surface area (Å²) in [6, 6.07) is 3.28. The third-order valence-corrected chi connectivity index (χ3v) is 5.41. The number of hydrogen-bond acceptors (Lipinski definition) is 6. The molecule has 0 atom stereocenters. The van der Waals surface area contributed by atoms with E-state index >= 15 is 0 Å². The molecule has 2 aromatic heterocycles. The fraction of sp³-hybridized carbons (Fsp3) is 0.375. The third-order valence-electron chi connectivity index (χ3n) is 2.23. The Morgan fingerprint density at radius 2 is 2.29 bits per heavy atom. The van der Waals surface area contributed by atoms with Crippen molar-refractivity contribution in [2.75, 3.05) is 7.05 Å².